The second-order valence-electron chi connectivity index (χ2n) is 7.77. The van der Waals surface area contributed by atoms with Crippen LogP contribution in [0.15, 0.2) is 10.5 Å². The molecule has 5 aliphatic rings. The largest absolute Gasteiger partial charge is 0.486 e. The van der Waals surface area contributed by atoms with E-state index in [0.29, 0.717) is 18.3 Å². The van der Waals surface area contributed by atoms with E-state index >= 15 is 0 Å². The summed E-state index contributed by atoms with van der Waals surface area (Å²) >= 11 is 3.85. The van der Waals surface area contributed by atoms with Crippen LogP contribution in [0.5, 0.6) is 5.75 Å². The lowest BCUT2D eigenvalue weighted by Gasteiger charge is -2.53. The Balaban J connectivity index is 1.71. The van der Waals surface area contributed by atoms with Gasteiger partial charge in [0.2, 0.25) is 0 Å². The van der Waals surface area contributed by atoms with Gasteiger partial charge in [-0.05, 0) is 61.6 Å². The number of aryl methyl sites for hydroxylation is 1. The van der Waals surface area contributed by atoms with E-state index in [2.05, 4.69) is 28.9 Å². The third-order valence-electron chi connectivity index (χ3n) is 7.01. The van der Waals surface area contributed by atoms with E-state index < -0.39 is 0 Å². The van der Waals surface area contributed by atoms with Crippen molar-refractivity contribution in [2.24, 2.45) is 11.8 Å². The highest BCUT2D eigenvalue weighted by molar-refractivity contribution is 9.10. The second-order valence-corrected chi connectivity index (χ2v) is 8.63. The van der Waals surface area contributed by atoms with Crippen molar-refractivity contribution in [2.45, 2.75) is 62.8 Å². The average Bonchev–Trinajstić information content (AvgIpc) is 3.13. The van der Waals surface area contributed by atoms with Crippen LogP contribution in [-0.2, 0) is 16.6 Å². The zero-order chi connectivity index (χ0) is 13.9. The molecule has 1 saturated heterocycles. The summed E-state index contributed by atoms with van der Waals surface area (Å²) in [6.07, 6.45) is 7.74. The number of halogens is 1. The fourth-order valence-electron chi connectivity index (χ4n) is 6.27. The fraction of sp³-hybridized carbons (Fsp3) is 0.667. The van der Waals surface area contributed by atoms with E-state index in [1.165, 1.54) is 47.9 Å². The molecule has 1 aromatic rings. The van der Waals surface area contributed by atoms with Crippen molar-refractivity contribution < 1.29 is 9.47 Å². The van der Waals surface area contributed by atoms with Gasteiger partial charge in [-0.25, -0.2) is 0 Å². The van der Waals surface area contributed by atoms with E-state index in [4.69, 9.17) is 9.47 Å². The Morgan fingerprint density at radius 3 is 3.19 bits per heavy atom. The summed E-state index contributed by atoms with van der Waals surface area (Å²) in [7, 11) is 0. The van der Waals surface area contributed by atoms with Crippen LogP contribution in [0.4, 0.5) is 0 Å². The summed E-state index contributed by atoms with van der Waals surface area (Å²) in [5, 5.41) is 0. The van der Waals surface area contributed by atoms with Crippen molar-refractivity contribution in [2.75, 3.05) is 0 Å². The van der Waals surface area contributed by atoms with E-state index in [1.54, 1.807) is 11.1 Å². The molecule has 1 unspecified atom stereocenters. The summed E-state index contributed by atoms with van der Waals surface area (Å²) in [4.78, 5) is 0. The maximum atomic E-state index is 6.57. The third kappa shape index (κ3) is 1.19. The lowest BCUT2D eigenvalue weighted by Crippen LogP contribution is -2.57. The van der Waals surface area contributed by atoms with Gasteiger partial charge in [-0.1, -0.05) is 22.4 Å². The zero-order valence-electron chi connectivity index (χ0n) is 12.2. The molecule has 3 heteroatoms. The van der Waals surface area contributed by atoms with Gasteiger partial charge in [-0.15, -0.1) is 0 Å². The molecule has 2 nitrogen and oxygen atoms in total. The maximum Gasteiger partial charge on any atom is 0.137 e. The van der Waals surface area contributed by atoms with Gasteiger partial charge in [0.25, 0.3) is 0 Å². The SMILES string of the molecule is Cc1cc(Br)c2c3c1O[C@H]1C4O[C@H]4C[C@H]4[C@H](CCC[C@]314)C2. The van der Waals surface area contributed by atoms with Crippen LogP contribution in [0.3, 0.4) is 0 Å². The quantitative estimate of drug-likeness (QED) is 0.664. The van der Waals surface area contributed by atoms with Gasteiger partial charge in [-0.3, -0.25) is 0 Å². The molecule has 2 heterocycles. The van der Waals surface area contributed by atoms with Crippen LogP contribution < -0.4 is 4.74 Å². The minimum atomic E-state index is 0.276. The summed E-state index contributed by atoms with van der Waals surface area (Å²) in [6, 6.07) is 2.27. The Labute approximate surface area is 133 Å². The lowest BCUT2D eigenvalue weighted by molar-refractivity contribution is -0.00229. The highest BCUT2D eigenvalue weighted by atomic mass is 79.9. The first-order chi connectivity index (χ1) is 10.2. The van der Waals surface area contributed by atoms with Crippen LogP contribution in [0, 0.1) is 18.8 Å². The van der Waals surface area contributed by atoms with E-state index in [9.17, 15) is 0 Å². The van der Waals surface area contributed by atoms with E-state index in [1.807, 2.05) is 0 Å². The predicted octanol–water partition coefficient (Wildman–Crippen LogP) is 3.90. The maximum absolute atomic E-state index is 6.57. The topological polar surface area (TPSA) is 21.8 Å². The molecule has 1 spiro atoms. The molecule has 0 radical (unpaired) electrons. The van der Waals surface area contributed by atoms with Gasteiger partial charge in [0.05, 0.1) is 6.10 Å². The number of epoxide rings is 1. The van der Waals surface area contributed by atoms with Crippen LogP contribution in [0.1, 0.15) is 42.4 Å². The van der Waals surface area contributed by atoms with Gasteiger partial charge >= 0.3 is 0 Å². The monoisotopic (exact) mass is 346 g/mol. The summed E-state index contributed by atoms with van der Waals surface area (Å²) in [5.41, 5.74) is 4.70. The minimum absolute atomic E-state index is 0.276. The molecule has 3 aliphatic carbocycles. The molecule has 6 atom stereocenters. The molecule has 2 aliphatic heterocycles. The number of ether oxygens (including phenoxy) is 2. The fourth-order valence-corrected chi connectivity index (χ4v) is 6.98. The normalized spacial score (nSPS) is 47.4. The number of fused-ring (bicyclic) bond motifs is 2. The Morgan fingerprint density at radius 1 is 1.38 bits per heavy atom. The van der Waals surface area contributed by atoms with Crippen molar-refractivity contribution in [3.63, 3.8) is 0 Å². The van der Waals surface area contributed by atoms with Crippen molar-refractivity contribution in [3.8, 4) is 5.75 Å². The molecular weight excluding hydrogens is 328 g/mol. The zero-order valence-corrected chi connectivity index (χ0v) is 13.8. The van der Waals surface area contributed by atoms with Crippen LogP contribution in [0.2, 0.25) is 0 Å². The summed E-state index contributed by atoms with van der Waals surface area (Å²) in [5.74, 6) is 2.84. The molecule has 0 amide bonds. The van der Waals surface area contributed by atoms with Gasteiger partial charge in [0, 0.05) is 15.5 Å². The van der Waals surface area contributed by atoms with E-state index in [0.717, 1.165) is 11.8 Å². The van der Waals surface area contributed by atoms with Crippen molar-refractivity contribution in [1.82, 2.24) is 0 Å². The minimum Gasteiger partial charge on any atom is -0.486 e. The third-order valence-corrected chi connectivity index (χ3v) is 7.71. The highest BCUT2D eigenvalue weighted by Crippen LogP contribution is 2.68. The molecule has 3 fully saturated rings. The first-order valence-corrected chi connectivity index (χ1v) is 9.14. The summed E-state index contributed by atoms with van der Waals surface area (Å²) in [6.45, 7) is 2.20. The molecule has 21 heavy (non-hydrogen) atoms. The Kier molecular flexibility index (Phi) is 2.00. The molecule has 2 bridgehead atoms. The van der Waals surface area contributed by atoms with Gasteiger partial charge in [-0.2, -0.15) is 0 Å². The first-order valence-electron chi connectivity index (χ1n) is 8.35. The number of hydrogen-bond donors (Lipinski definition) is 0. The van der Waals surface area contributed by atoms with Gasteiger partial charge in [0.15, 0.2) is 0 Å². The molecule has 1 aromatic carbocycles. The number of rotatable bonds is 0. The predicted molar refractivity (Wildman–Crippen MR) is 82.8 cm³/mol. The highest BCUT2D eigenvalue weighted by Gasteiger charge is 2.71. The molecule has 2 saturated carbocycles. The lowest BCUT2D eigenvalue weighted by atomic mass is 9.48. The molecule has 6 rings (SSSR count). The molecule has 0 aromatic heterocycles. The Hall–Kier alpha value is -0.540. The number of hydrogen-bond acceptors (Lipinski definition) is 2. The number of benzene rings is 1. The molecule has 0 N–H and O–H groups in total. The first kappa shape index (κ1) is 12.0. The van der Waals surface area contributed by atoms with Gasteiger partial charge in [0.1, 0.15) is 18.0 Å². The summed E-state index contributed by atoms with van der Waals surface area (Å²) < 4.78 is 13.9. The Morgan fingerprint density at radius 2 is 2.29 bits per heavy atom. The van der Waals surface area contributed by atoms with Gasteiger partial charge < -0.3 is 9.47 Å². The van der Waals surface area contributed by atoms with Crippen molar-refractivity contribution >= 4 is 15.9 Å². The van der Waals surface area contributed by atoms with Crippen LogP contribution >= 0.6 is 15.9 Å². The second kappa shape index (κ2) is 3.51. The Bertz CT molecular complexity index is 684. The smallest absolute Gasteiger partial charge is 0.137 e. The van der Waals surface area contributed by atoms with Crippen molar-refractivity contribution in [1.29, 1.82) is 0 Å². The molecule has 110 valence electrons. The van der Waals surface area contributed by atoms with Crippen molar-refractivity contribution in [3.05, 3.63) is 27.2 Å². The molecular formula is C18H19BrO2. The van der Waals surface area contributed by atoms with Crippen LogP contribution in [-0.4, -0.2) is 18.3 Å². The average molecular weight is 347 g/mol. The van der Waals surface area contributed by atoms with E-state index in [-0.39, 0.29) is 5.41 Å². The standard InChI is InChI=1S/C18H19BrO2/c1-8-5-12(19)10-6-9-3-2-4-18-11(9)7-13-16(20-13)17(18)21-15(8)14(10)18/h5,9,11,13,16-17H,2-4,6-7H2,1H3/t9-,11+,13+,16?,17+,18+/m1/s1. The van der Waals surface area contributed by atoms with Crippen LogP contribution in [0.25, 0.3) is 0 Å².